The number of hydrogen-bond acceptors (Lipinski definition) is 1. The molecule has 0 spiro atoms. The zero-order chi connectivity index (χ0) is 11.7. The molecule has 2 atom stereocenters. The van der Waals surface area contributed by atoms with E-state index in [1.807, 2.05) is 6.07 Å². The van der Waals surface area contributed by atoms with Gasteiger partial charge in [0.2, 0.25) is 0 Å². The second-order valence-electron chi connectivity index (χ2n) is 4.76. The lowest BCUT2D eigenvalue weighted by molar-refractivity contribution is 0.152. The Kier molecular flexibility index (Phi) is 2.69. The van der Waals surface area contributed by atoms with Gasteiger partial charge in [0.15, 0.2) is 0 Å². The Labute approximate surface area is 102 Å². The summed E-state index contributed by atoms with van der Waals surface area (Å²) >= 11 is 0. The first kappa shape index (κ1) is 10.5. The average Bonchev–Trinajstić information content (AvgIpc) is 2.39. The molecular weight excluding hydrogens is 208 g/mol. The highest BCUT2D eigenvalue weighted by molar-refractivity contribution is 5.40. The SMILES string of the molecule is O[C@H]1Cc2ccccc2C(c2ccccc2)C1. The molecule has 0 saturated carbocycles. The van der Waals surface area contributed by atoms with Crippen LogP contribution in [0.1, 0.15) is 29.0 Å². The summed E-state index contributed by atoms with van der Waals surface area (Å²) in [6.45, 7) is 0. The molecule has 0 bridgehead atoms. The van der Waals surface area contributed by atoms with Crippen molar-refractivity contribution in [3.63, 3.8) is 0 Å². The van der Waals surface area contributed by atoms with E-state index in [4.69, 9.17) is 0 Å². The molecule has 0 aromatic heterocycles. The van der Waals surface area contributed by atoms with E-state index >= 15 is 0 Å². The molecule has 3 rings (SSSR count). The molecule has 1 N–H and O–H groups in total. The maximum atomic E-state index is 9.99. The lowest BCUT2D eigenvalue weighted by Crippen LogP contribution is -2.23. The number of aliphatic hydroxyl groups excluding tert-OH is 1. The minimum Gasteiger partial charge on any atom is -0.393 e. The number of hydrogen-bond donors (Lipinski definition) is 1. The molecule has 2 aromatic rings. The molecule has 1 aliphatic carbocycles. The number of rotatable bonds is 1. The van der Waals surface area contributed by atoms with E-state index in [1.165, 1.54) is 16.7 Å². The van der Waals surface area contributed by atoms with Crippen LogP contribution in [-0.2, 0) is 6.42 Å². The van der Waals surface area contributed by atoms with Crippen molar-refractivity contribution in [1.82, 2.24) is 0 Å². The van der Waals surface area contributed by atoms with Crippen LogP contribution in [-0.4, -0.2) is 11.2 Å². The van der Waals surface area contributed by atoms with Crippen LogP contribution < -0.4 is 0 Å². The summed E-state index contributed by atoms with van der Waals surface area (Å²) in [4.78, 5) is 0. The van der Waals surface area contributed by atoms with Crippen molar-refractivity contribution in [2.75, 3.05) is 0 Å². The molecule has 86 valence electrons. The minimum absolute atomic E-state index is 0.213. The Morgan fingerprint density at radius 1 is 0.882 bits per heavy atom. The summed E-state index contributed by atoms with van der Waals surface area (Å²) in [5, 5.41) is 9.99. The van der Waals surface area contributed by atoms with Crippen molar-refractivity contribution in [2.45, 2.75) is 24.9 Å². The fourth-order valence-corrected chi connectivity index (χ4v) is 2.80. The van der Waals surface area contributed by atoms with Crippen LogP contribution in [0, 0.1) is 0 Å². The van der Waals surface area contributed by atoms with Crippen LogP contribution in [0.25, 0.3) is 0 Å². The van der Waals surface area contributed by atoms with E-state index in [9.17, 15) is 5.11 Å². The fraction of sp³-hybridized carbons (Fsp3) is 0.250. The van der Waals surface area contributed by atoms with E-state index in [1.54, 1.807) is 0 Å². The van der Waals surface area contributed by atoms with Gasteiger partial charge in [0.25, 0.3) is 0 Å². The molecule has 0 amide bonds. The first-order chi connectivity index (χ1) is 8.34. The summed E-state index contributed by atoms with van der Waals surface area (Å²) < 4.78 is 0. The summed E-state index contributed by atoms with van der Waals surface area (Å²) in [7, 11) is 0. The quantitative estimate of drug-likeness (QED) is 0.789. The van der Waals surface area contributed by atoms with Crippen molar-refractivity contribution >= 4 is 0 Å². The van der Waals surface area contributed by atoms with Gasteiger partial charge in [0, 0.05) is 5.92 Å². The standard InChI is InChI=1S/C16H16O/c17-14-10-13-8-4-5-9-15(13)16(11-14)12-6-2-1-3-7-12/h1-9,14,16-17H,10-11H2/t14-,16?/m0/s1. The molecule has 0 aliphatic heterocycles. The third-order valence-corrected chi connectivity index (χ3v) is 3.60. The van der Waals surface area contributed by atoms with Gasteiger partial charge < -0.3 is 5.11 Å². The lowest BCUT2D eigenvalue weighted by atomic mass is 9.78. The summed E-state index contributed by atoms with van der Waals surface area (Å²) in [6, 6.07) is 18.9. The van der Waals surface area contributed by atoms with Crippen LogP contribution in [0.5, 0.6) is 0 Å². The maximum absolute atomic E-state index is 9.99. The minimum atomic E-state index is -0.213. The molecule has 1 nitrogen and oxygen atoms in total. The van der Waals surface area contributed by atoms with Crippen LogP contribution in [0.4, 0.5) is 0 Å². The molecule has 1 unspecified atom stereocenters. The fourth-order valence-electron chi connectivity index (χ4n) is 2.80. The Balaban J connectivity index is 2.07. The summed E-state index contributed by atoms with van der Waals surface area (Å²) in [5.41, 5.74) is 3.97. The largest absolute Gasteiger partial charge is 0.393 e. The van der Waals surface area contributed by atoms with Gasteiger partial charge in [-0.05, 0) is 29.5 Å². The van der Waals surface area contributed by atoms with Gasteiger partial charge >= 0.3 is 0 Å². The third-order valence-electron chi connectivity index (χ3n) is 3.60. The lowest BCUT2D eigenvalue weighted by Gasteiger charge is -2.29. The molecule has 2 aromatic carbocycles. The molecular formula is C16H16O. The van der Waals surface area contributed by atoms with Crippen molar-refractivity contribution in [1.29, 1.82) is 0 Å². The van der Waals surface area contributed by atoms with Gasteiger partial charge in [-0.25, -0.2) is 0 Å². The van der Waals surface area contributed by atoms with Crippen molar-refractivity contribution < 1.29 is 5.11 Å². The predicted octanol–water partition coefficient (Wildman–Crippen LogP) is 3.13. The van der Waals surface area contributed by atoms with Crippen molar-refractivity contribution in [3.8, 4) is 0 Å². The topological polar surface area (TPSA) is 20.2 Å². The highest BCUT2D eigenvalue weighted by Gasteiger charge is 2.26. The monoisotopic (exact) mass is 224 g/mol. The molecule has 0 saturated heterocycles. The Morgan fingerprint density at radius 3 is 2.41 bits per heavy atom. The van der Waals surface area contributed by atoms with Crippen LogP contribution in [0.2, 0.25) is 0 Å². The molecule has 1 heteroatoms. The number of aliphatic hydroxyl groups is 1. The average molecular weight is 224 g/mol. The maximum Gasteiger partial charge on any atom is 0.0589 e. The summed E-state index contributed by atoms with van der Waals surface area (Å²) in [6.07, 6.45) is 1.41. The number of benzene rings is 2. The van der Waals surface area contributed by atoms with E-state index in [0.717, 1.165) is 12.8 Å². The summed E-state index contributed by atoms with van der Waals surface area (Å²) in [5.74, 6) is 0.344. The second-order valence-corrected chi connectivity index (χ2v) is 4.76. The first-order valence-electron chi connectivity index (χ1n) is 6.15. The zero-order valence-electron chi connectivity index (χ0n) is 9.71. The second kappa shape index (κ2) is 4.34. The van der Waals surface area contributed by atoms with Gasteiger partial charge in [-0.15, -0.1) is 0 Å². The van der Waals surface area contributed by atoms with Gasteiger partial charge in [-0.1, -0.05) is 54.6 Å². The number of fused-ring (bicyclic) bond motifs is 1. The molecule has 0 fully saturated rings. The van der Waals surface area contributed by atoms with Gasteiger partial charge in [0.05, 0.1) is 6.10 Å². The zero-order valence-corrected chi connectivity index (χ0v) is 9.71. The van der Waals surface area contributed by atoms with Gasteiger partial charge in [-0.3, -0.25) is 0 Å². The van der Waals surface area contributed by atoms with E-state index < -0.39 is 0 Å². The van der Waals surface area contributed by atoms with Crippen molar-refractivity contribution in [3.05, 3.63) is 71.3 Å². The Bertz CT molecular complexity index is 504. The van der Waals surface area contributed by atoms with Crippen molar-refractivity contribution in [2.24, 2.45) is 0 Å². The van der Waals surface area contributed by atoms with Crippen LogP contribution >= 0.6 is 0 Å². The van der Waals surface area contributed by atoms with Gasteiger partial charge in [0.1, 0.15) is 0 Å². The smallest absolute Gasteiger partial charge is 0.0589 e. The first-order valence-corrected chi connectivity index (χ1v) is 6.15. The normalized spacial score (nSPS) is 23.1. The Hall–Kier alpha value is -1.60. The third kappa shape index (κ3) is 1.98. The van der Waals surface area contributed by atoms with Crippen LogP contribution in [0.3, 0.4) is 0 Å². The van der Waals surface area contributed by atoms with Crippen LogP contribution in [0.15, 0.2) is 54.6 Å². The van der Waals surface area contributed by atoms with Gasteiger partial charge in [-0.2, -0.15) is 0 Å². The van der Waals surface area contributed by atoms with E-state index in [2.05, 4.69) is 48.5 Å². The van der Waals surface area contributed by atoms with E-state index in [0.29, 0.717) is 5.92 Å². The highest BCUT2D eigenvalue weighted by Crippen LogP contribution is 2.36. The molecule has 17 heavy (non-hydrogen) atoms. The predicted molar refractivity (Wildman–Crippen MR) is 69.1 cm³/mol. The molecule has 0 heterocycles. The van der Waals surface area contributed by atoms with E-state index in [-0.39, 0.29) is 6.10 Å². The highest BCUT2D eigenvalue weighted by atomic mass is 16.3. The molecule has 0 radical (unpaired) electrons. The Morgan fingerprint density at radius 2 is 1.59 bits per heavy atom. The molecule has 1 aliphatic rings.